The Morgan fingerprint density at radius 1 is 1.04 bits per heavy atom. The smallest absolute Gasteiger partial charge is 0.238 e. The number of hydrogen-bond donors (Lipinski definition) is 1. The van der Waals surface area contributed by atoms with Crippen LogP contribution in [-0.4, -0.2) is 37.2 Å². The molecular weight excluding hydrogens is 380 g/mol. The molecule has 0 aliphatic carbocycles. The molecule has 0 fully saturated rings. The highest BCUT2D eigenvalue weighted by Gasteiger charge is 2.14. The van der Waals surface area contributed by atoms with Crippen molar-refractivity contribution >= 4 is 32.0 Å². The molecule has 0 saturated carbocycles. The highest BCUT2D eigenvalue weighted by molar-refractivity contribution is 7.89. The standard InChI is InChI=1S/C19H18N4O4S/c1-26-17-7-14-15(8-18(17)27-2)21-9-16-19(14)23(11-22-16)10-12-4-3-5-13(6-12)28(20,24)25/h3-9,11H,10H2,1-2H3,(H2,20,24,25). The molecule has 2 aromatic heterocycles. The number of nitrogens with zero attached hydrogens (tertiary/aromatic N) is 3. The number of sulfonamides is 1. The summed E-state index contributed by atoms with van der Waals surface area (Å²) in [7, 11) is -0.612. The van der Waals surface area contributed by atoms with E-state index in [1.165, 1.54) is 6.07 Å². The van der Waals surface area contributed by atoms with Gasteiger partial charge < -0.3 is 14.0 Å². The summed E-state index contributed by atoms with van der Waals surface area (Å²) >= 11 is 0. The lowest BCUT2D eigenvalue weighted by Gasteiger charge is -2.11. The number of pyridine rings is 1. The van der Waals surface area contributed by atoms with E-state index in [0.717, 1.165) is 27.5 Å². The van der Waals surface area contributed by atoms with Crippen LogP contribution in [0, 0.1) is 0 Å². The molecule has 0 spiro atoms. The van der Waals surface area contributed by atoms with E-state index >= 15 is 0 Å². The number of nitrogens with two attached hydrogens (primary N) is 1. The summed E-state index contributed by atoms with van der Waals surface area (Å²) in [5.74, 6) is 1.18. The minimum atomic E-state index is -3.76. The van der Waals surface area contributed by atoms with E-state index < -0.39 is 10.0 Å². The van der Waals surface area contributed by atoms with Crippen molar-refractivity contribution in [1.29, 1.82) is 0 Å². The zero-order valence-corrected chi connectivity index (χ0v) is 16.1. The van der Waals surface area contributed by atoms with Gasteiger partial charge in [-0.15, -0.1) is 0 Å². The third-order valence-corrected chi connectivity index (χ3v) is 5.44. The summed E-state index contributed by atoms with van der Waals surface area (Å²) < 4.78 is 36.0. The summed E-state index contributed by atoms with van der Waals surface area (Å²) in [6.07, 6.45) is 3.40. The van der Waals surface area contributed by atoms with E-state index in [9.17, 15) is 8.42 Å². The maximum absolute atomic E-state index is 11.6. The average molecular weight is 398 g/mol. The first-order valence-electron chi connectivity index (χ1n) is 8.38. The van der Waals surface area contributed by atoms with Gasteiger partial charge in [-0.1, -0.05) is 12.1 Å². The van der Waals surface area contributed by atoms with Crippen LogP contribution in [0.25, 0.3) is 21.9 Å². The third-order valence-electron chi connectivity index (χ3n) is 4.53. The van der Waals surface area contributed by atoms with Gasteiger partial charge in [0.15, 0.2) is 11.5 Å². The van der Waals surface area contributed by atoms with E-state index in [4.69, 9.17) is 14.6 Å². The Hall–Kier alpha value is -3.17. The average Bonchev–Trinajstić information content (AvgIpc) is 3.09. The monoisotopic (exact) mass is 398 g/mol. The van der Waals surface area contributed by atoms with Gasteiger partial charge in [-0.05, 0) is 23.8 Å². The molecule has 2 heterocycles. The van der Waals surface area contributed by atoms with Crippen LogP contribution in [0.4, 0.5) is 0 Å². The number of imidazole rings is 1. The van der Waals surface area contributed by atoms with Crippen molar-refractivity contribution in [3.63, 3.8) is 0 Å². The van der Waals surface area contributed by atoms with Crippen LogP contribution >= 0.6 is 0 Å². The quantitative estimate of drug-likeness (QED) is 0.552. The van der Waals surface area contributed by atoms with Crippen LogP contribution in [0.3, 0.4) is 0 Å². The molecule has 0 unspecified atom stereocenters. The van der Waals surface area contributed by atoms with Crippen molar-refractivity contribution in [3.05, 3.63) is 54.5 Å². The predicted molar refractivity (Wildman–Crippen MR) is 105 cm³/mol. The minimum Gasteiger partial charge on any atom is -0.493 e. The second-order valence-corrected chi connectivity index (χ2v) is 7.84. The largest absolute Gasteiger partial charge is 0.493 e. The van der Waals surface area contributed by atoms with Crippen LogP contribution in [0.2, 0.25) is 0 Å². The topological polar surface area (TPSA) is 109 Å². The lowest BCUT2D eigenvalue weighted by Crippen LogP contribution is -2.12. The van der Waals surface area contributed by atoms with Gasteiger partial charge in [0.25, 0.3) is 0 Å². The van der Waals surface area contributed by atoms with E-state index in [0.29, 0.717) is 18.0 Å². The maximum Gasteiger partial charge on any atom is 0.238 e. The SMILES string of the molecule is COc1cc2ncc3ncn(Cc4cccc(S(N)(=O)=O)c4)c3c2cc1OC. The molecule has 0 aliphatic rings. The molecule has 144 valence electrons. The van der Waals surface area contributed by atoms with Crippen molar-refractivity contribution in [1.82, 2.24) is 14.5 Å². The summed E-state index contributed by atoms with van der Waals surface area (Å²) in [6, 6.07) is 10.2. The molecule has 28 heavy (non-hydrogen) atoms. The van der Waals surface area contributed by atoms with Crippen LogP contribution in [0.1, 0.15) is 5.56 Å². The van der Waals surface area contributed by atoms with Crippen molar-refractivity contribution < 1.29 is 17.9 Å². The van der Waals surface area contributed by atoms with E-state index in [2.05, 4.69) is 9.97 Å². The van der Waals surface area contributed by atoms with Crippen LogP contribution in [0.5, 0.6) is 11.5 Å². The number of methoxy groups -OCH3 is 2. The first-order chi connectivity index (χ1) is 13.4. The number of aromatic nitrogens is 3. The maximum atomic E-state index is 11.6. The van der Waals surface area contributed by atoms with E-state index in [1.807, 2.05) is 22.8 Å². The summed E-state index contributed by atoms with van der Waals surface area (Å²) in [6.45, 7) is 0.424. The van der Waals surface area contributed by atoms with Gasteiger partial charge in [0.05, 0.1) is 42.7 Å². The summed E-state index contributed by atoms with van der Waals surface area (Å²) in [4.78, 5) is 8.95. The number of fused-ring (bicyclic) bond motifs is 3. The molecule has 0 amide bonds. The van der Waals surface area contributed by atoms with Crippen LogP contribution in [0.15, 0.2) is 53.8 Å². The number of primary sulfonamides is 1. The lowest BCUT2D eigenvalue weighted by molar-refractivity contribution is 0.356. The number of rotatable bonds is 5. The number of benzene rings is 2. The van der Waals surface area contributed by atoms with Crippen LogP contribution < -0.4 is 14.6 Å². The fraction of sp³-hybridized carbons (Fsp3) is 0.158. The summed E-state index contributed by atoms with van der Waals surface area (Å²) in [5, 5.41) is 6.10. The van der Waals surface area contributed by atoms with Gasteiger partial charge in [0, 0.05) is 18.0 Å². The van der Waals surface area contributed by atoms with E-state index in [-0.39, 0.29) is 4.90 Å². The molecule has 0 bridgehead atoms. The molecule has 9 heteroatoms. The minimum absolute atomic E-state index is 0.0763. The fourth-order valence-corrected chi connectivity index (χ4v) is 3.80. The van der Waals surface area contributed by atoms with Crippen molar-refractivity contribution in [2.75, 3.05) is 14.2 Å². The highest BCUT2D eigenvalue weighted by Crippen LogP contribution is 2.34. The number of hydrogen-bond acceptors (Lipinski definition) is 6. The Morgan fingerprint density at radius 3 is 2.50 bits per heavy atom. The molecule has 4 aromatic rings. The van der Waals surface area contributed by atoms with Gasteiger partial charge in [-0.25, -0.2) is 18.5 Å². The molecule has 0 atom stereocenters. The second-order valence-electron chi connectivity index (χ2n) is 6.28. The molecule has 4 rings (SSSR count). The molecular formula is C19H18N4O4S. The lowest BCUT2D eigenvalue weighted by atomic mass is 10.1. The zero-order valence-electron chi connectivity index (χ0n) is 15.3. The normalized spacial score (nSPS) is 11.8. The molecule has 2 aromatic carbocycles. The van der Waals surface area contributed by atoms with Gasteiger partial charge in [-0.2, -0.15) is 0 Å². The van der Waals surface area contributed by atoms with Gasteiger partial charge in [0.1, 0.15) is 5.52 Å². The Morgan fingerprint density at radius 2 is 1.79 bits per heavy atom. The van der Waals surface area contributed by atoms with Crippen molar-refractivity contribution in [3.8, 4) is 11.5 Å². The Labute approximate surface area is 161 Å². The van der Waals surface area contributed by atoms with E-state index in [1.54, 1.807) is 38.9 Å². The first-order valence-corrected chi connectivity index (χ1v) is 9.92. The molecule has 0 radical (unpaired) electrons. The Bertz CT molecular complexity index is 1300. The fourth-order valence-electron chi connectivity index (χ4n) is 3.22. The molecule has 8 nitrogen and oxygen atoms in total. The third kappa shape index (κ3) is 3.14. The number of ether oxygens (including phenoxy) is 2. The summed E-state index contributed by atoms with van der Waals surface area (Å²) in [5.41, 5.74) is 3.12. The first kappa shape index (κ1) is 18.2. The highest BCUT2D eigenvalue weighted by atomic mass is 32.2. The molecule has 0 aliphatic heterocycles. The van der Waals surface area contributed by atoms with Crippen LogP contribution in [-0.2, 0) is 16.6 Å². The second kappa shape index (κ2) is 6.77. The molecule has 2 N–H and O–H groups in total. The van der Waals surface area contributed by atoms with Gasteiger partial charge in [-0.3, -0.25) is 4.98 Å². The van der Waals surface area contributed by atoms with Crippen molar-refractivity contribution in [2.45, 2.75) is 11.4 Å². The molecule has 0 saturated heterocycles. The van der Waals surface area contributed by atoms with Crippen molar-refractivity contribution in [2.24, 2.45) is 5.14 Å². The Kier molecular flexibility index (Phi) is 4.40. The van der Waals surface area contributed by atoms with Gasteiger partial charge in [0.2, 0.25) is 10.0 Å². The predicted octanol–water partition coefficient (Wildman–Crippen LogP) is 2.30. The van der Waals surface area contributed by atoms with Gasteiger partial charge >= 0.3 is 0 Å². The zero-order chi connectivity index (χ0) is 19.9. The Balaban J connectivity index is 1.87.